The molecule has 0 bridgehead atoms. The van der Waals surface area contributed by atoms with Crippen LogP contribution in [0.3, 0.4) is 0 Å². The zero-order chi connectivity index (χ0) is 13.1. The van der Waals surface area contributed by atoms with Gasteiger partial charge in [-0.2, -0.15) is 0 Å². The molecule has 1 aromatic heterocycles. The fourth-order valence-corrected chi connectivity index (χ4v) is 1.21. The van der Waals surface area contributed by atoms with E-state index < -0.39 is 0 Å². The summed E-state index contributed by atoms with van der Waals surface area (Å²) in [6, 6.07) is 3.04. The van der Waals surface area contributed by atoms with E-state index in [1.165, 1.54) is 12.3 Å². The van der Waals surface area contributed by atoms with Crippen LogP contribution < -0.4 is 5.32 Å². The maximum absolute atomic E-state index is 11.8. The normalized spacial score (nSPS) is 13.2. The standard InChI is InChI=1S/C13H20N2O2/c1-9(13(2,3)4)8-15-12(17)11-10(16)6-5-7-14-11/h5-7,9,16H,8H2,1-4H3,(H,15,17). The number of aromatic hydroxyl groups is 1. The summed E-state index contributed by atoms with van der Waals surface area (Å²) in [5.41, 5.74) is 0.216. The third-order valence-corrected chi connectivity index (χ3v) is 3.05. The van der Waals surface area contributed by atoms with Gasteiger partial charge in [-0.3, -0.25) is 4.79 Å². The van der Waals surface area contributed by atoms with Gasteiger partial charge in [0.15, 0.2) is 5.69 Å². The molecule has 0 aromatic carbocycles. The first kappa shape index (κ1) is 13.5. The van der Waals surface area contributed by atoms with Crippen LogP contribution in [0.4, 0.5) is 0 Å². The van der Waals surface area contributed by atoms with Gasteiger partial charge in [-0.15, -0.1) is 0 Å². The second-order valence-electron chi connectivity index (χ2n) is 5.35. The van der Waals surface area contributed by atoms with Crippen molar-refractivity contribution in [1.29, 1.82) is 0 Å². The molecule has 1 amide bonds. The summed E-state index contributed by atoms with van der Waals surface area (Å²) < 4.78 is 0. The van der Waals surface area contributed by atoms with E-state index in [0.717, 1.165) is 0 Å². The van der Waals surface area contributed by atoms with Crippen molar-refractivity contribution in [3.63, 3.8) is 0 Å². The van der Waals surface area contributed by atoms with Crippen LogP contribution in [0.5, 0.6) is 5.75 Å². The Kier molecular flexibility index (Phi) is 4.10. The molecule has 94 valence electrons. The van der Waals surface area contributed by atoms with E-state index in [-0.39, 0.29) is 22.8 Å². The molecule has 0 radical (unpaired) electrons. The van der Waals surface area contributed by atoms with Gasteiger partial charge < -0.3 is 10.4 Å². The lowest BCUT2D eigenvalue weighted by atomic mass is 9.82. The summed E-state index contributed by atoms with van der Waals surface area (Å²) in [5, 5.41) is 12.3. The van der Waals surface area contributed by atoms with Crippen molar-refractivity contribution in [2.24, 2.45) is 11.3 Å². The van der Waals surface area contributed by atoms with Crippen LogP contribution >= 0.6 is 0 Å². The Balaban J connectivity index is 2.60. The summed E-state index contributed by atoms with van der Waals surface area (Å²) in [6.45, 7) is 9.03. The number of amides is 1. The summed E-state index contributed by atoms with van der Waals surface area (Å²) >= 11 is 0. The molecule has 4 nitrogen and oxygen atoms in total. The molecule has 0 aliphatic carbocycles. The first-order chi connectivity index (χ1) is 7.82. The Morgan fingerprint density at radius 1 is 1.53 bits per heavy atom. The van der Waals surface area contributed by atoms with E-state index in [4.69, 9.17) is 0 Å². The van der Waals surface area contributed by atoms with E-state index in [2.05, 4.69) is 38.0 Å². The van der Waals surface area contributed by atoms with Crippen LogP contribution in [0.15, 0.2) is 18.3 Å². The monoisotopic (exact) mass is 236 g/mol. The molecule has 1 heterocycles. The average Bonchev–Trinajstić information content (AvgIpc) is 2.24. The number of hydrogen-bond donors (Lipinski definition) is 2. The maximum atomic E-state index is 11.8. The first-order valence-corrected chi connectivity index (χ1v) is 5.74. The largest absolute Gasteiger partial charge is 0.505 e. The summed E-state index contributed by atoms with van der Waals surface area (Å²) in [7, 11) is 0. The zero-order valence-electron chi connectivity index (χ0n) is 10.8. The molecule has 0 aliphatic rings. The van der Waals surface area contributed by atoms with E-state index in [0.29, 0.717) is 12.5 Å². The highest BCUT2D eigenvalue weighted by Gasteiger charge is 2.21. The van der Waals surface area contributed by atoms with Crippen LogP contribution in [-0.2, 0) is 0 Å². The molecular weight excluding hydrogens is 216 g/mol. The molecule has 1 rings (SSSR count). The van der Waals surface area contributed by atoms with Gasteiger partial charge in [-0.1, -0.05) is 27.7 Å². The Labute approximate surface area is 102 Å². The van der Waals surface area contributed by atoms with Crippen LogP contribution in [0.25, 0.3) is 0 Å². The first-order valence-electron chi connectivity index (χ1n) is 5.74. The lowest BCUT2D eigenvalue weighted by molar-refractivity contribution is 0.0929. The van der Waals surface area contributed by atoms with Gasteiger partial charge in [0.1, 0.15) is 5.75 Å². The third-order valence-electron chi connectivity index (χ3n) is 3.05. The topological polar surface area (TPSA) is 62.2 Å². The molecule has 0 spiro atoms. The van der Waals surface area contributed by atoms with Gasteiger partial charge in [0.25, 0.3) is 5.91 Å². The van der Waals surface area contributed by atoms with Crippen molar-refractivity contribution < 1.29 is 9.90 Å². The molecule has 2 N–H and O–H groups in total. The molecule has 0 fully saturated rings. The molecular formula is C13H20N2O2. The number of nitrogens with one attached hydrogen (secondary N) is 1. The Morgan fingerprint density at radius 3 is 2.71 bits per heavy atom. The number of hydrogen-bond acceptors (Lipinski definition) is 3. The molecule has 1 atom stereocenters. The van der Waals surface area contributed by atoms with E-state index in [1.54, 1.807) is 6.07 Å². The lowest BCUT2D eigenvalue weighted by Gasteiger charge is -2.27. The Hall–Kier alpha value is -1.58. The summed E-state index contributed by atoms with van der Waals surface area (Å²) in [6.07, 6.45) is 1.49. The Bertz CT molecular complexity index is 397. The van der Waals surface area contributed by atoms with Crippen LogP contribution in [-0.4, -0.2) is 22.5 Å². The quantitative estimate of drug-likeness (QED) is 0.845. The lowest BCUT2D eigenvalue weighted by Crippen LogP contribution is -2.34. The van der Waals surface area contributed by atoms with Gasteiger partial charge in [-0.05, 0) is 23.5 Å². The highest BCUT2D eigenvalue weighted by Crippen LogP contribution is 2.24. The number of aromatic nitrogens is 1. The SMILES string of the molecule is CC(CNC(=O)c1ncccc1O)C(C)(C)C. The fraction of sp³-hybridized carbons (Fsp3) is 0.538. The minimum absolute atomic E-state index is 0.0774. The molecule has 17 heavy (non-hydrogen) atoms. The minimum Gasteiger partial charge on any atom is -0.505 e. The maximum Gasteiger partial charge on any atom is 0.273 e. The molecule has 1 aromatic rings. The van der Waals surface area contributed by atoms with Gasteiger partial charge in [0, 0.05) is 12.7 Å². The molecule has 4 heteroatoms. The van der Waals surface area contributed by atoms with Crippen LogP contribution in [0.2, 0.25) is 0 Å². The minimum atomic E-state index is -0.334. The number of rotatable bonds is 3. The van der Waals surface area contributed by atoms with Gasteiger partial charge in [0.05, 0.1) is 0 Å². The molecule has 0 saturated carbocycles. The van der Waals surface area contributed by atoms with E-state index >= 15 is 0 Å². The molecule has 0 saturated heterocycles. The van der Waals surface area contributed by atoms with E-state index in [9.17, 15) is 9.90 Å². The fourth-order valence-electron chi connectivity index (χ4n) is 1.21. The zero-order valence-corrected chi connectivity index (χ0v) is 10.8. The van der Waals surface area contributed by atoms with Crippen molar-refractivity contribution in [3.8, 4) is 5.75 Å². The highest BCUT2D eigenvalue weighted by atomic mass is 16.3. The third kappa shape index (κ3) is 3.73. The van der Waals surface area contributed by atoms with Crippen molar-refractivity contribution in [3.05, 3.63) is 24.0 Å². The van der Waals surface area contributed by atoms with Crippen LogP contribution in [0, 0.1) is 11.3 Å². The Morgan fingerprint density at radius 2 is 2.18 bits per heavy atom. The highest BCUT2D eigenvalue weighted by molar-refractivity contribution is 5.94. The number of pyridine rings is 1. The van der Waals surface area contributed by atoms with Crippen molar-refractivity contribution in [1.82, 2.24) is 10.3 Å². The van der Waals surface area contributed by atoms with Crippen molar-refractivity contribution in [2.75, 3.05) is 6.54 Å². The number of nitrogens with zero attached hydrogens (tertiary/aromatic N) is 1. The second-order valence-corrected chi connectivity index (χ2v) is 5.35. The van der Waals surface area contributed by atoms with Gasteiger partial charge in [0.2, 0.25) is 0 Å². The van der Waals surface area contributed by atoms with Crippen LogP contribution in [0.1, 0.15) is 38.2 Å². The van der Waals surface area contributed by atoms with Crippen molar-refractivity contribution >= 4 is 5.91 Å². The smallest absolute Gasteiger partial charge is 0.273 e. The van der Waals surface area contributed by atoms with E-state index in [1.807, 2.05) is 0 Å². The molecule has 1 unspecified atom stereocenters. The molecule has 0 aliphatic heterocycles. The summed E-state index contributed by atoms with van der Waals surface area (Å²) in [4.78, 5) is 15.6. The second kappa shape index (κ2) is 5.17. The number of carbonyl (C=O) groups is 1. The van der Waals surface area contributed by atoms with Crippen molar-refractivity contribution in [2.45, 2.75) is 27.7 Å². The predicted molar refractivity (Wildman–Crippen MR) is 66.9 cm³/mol. The van der Waals surface area contributed by atoms with Gasteiger partial charge in [-0.25, -0.2) is 4.98 Å². The summed E-state index contributed by atoms with van der Waals surface area (Å²) in [5.74, 6) is -0.0788. The number of carbonyl (C=O) groups excluding carboxylic acids is 1. The predicted octanol–water partition coefficient (Wildman–Crippen LogP) is 2.20. The van der Waals surface area contributed by atoms with Gasteiger partial charge >= 0.3 is 0 Å². The average molecular weight is 236 g/mol.